The van der Waals surface area contributed by atoms with E-state index in [1.165, 1.54) is 49.4 Å². The third kappa shape index (κ3) is 2.39. The average molecular weight is 326 g/mol. The van der Waals surface area contributed by atoms with Gasteiger partial charge in [0, 0.05) is 19.1 Å². The molecule has 0 fully saturated rings. The number of carbonyl (C=O) groups excluding carboxylic acids is 3. The summed E-state index contributed by atoms with van der Waals surface area (Å²) in [5.74, 6) is -1.85. The van der Waals surface area contributed by atoms with Crippen molar-refractivity contribution in [3.05, 3.63) is 63.7 Å². The number of ether oxygens (including phenoxy) is 1. The van der Waals surface area contributed by atoms with Crippen LogP contribution < -0.4 is 9.64 Å². The maximum absolute atomic E-state index is 12.6. The maximum Gasteiger partial charge on any atom is 0.308 e. The van der Waals surface area contributed by atoms with E-state index in [-0.39, 0.29) is 22.6 Å². The molecule has 1 aliphatic heterocycles. The van der Waals surface area contributed by atoms with E-state index >= 15 is 0 Å². The van der Waals surface area contributed by atoms with Gasteiger partial charge in [-0.15, -0.1) is 0 Å². The zero-order valence-electron chi connectivity index (χ0n) is 12.4. The number of esters is 1. The molecule has 1 heterocycles. The van der Waals surface area contributed by atoms with Gasteiger partial charge in [0.05, 0.1) is 16.2 Å². The molecule has 120 valence electrons. The Morgan fingerprint density at radius 1 is 1.12 bits per heavy atom. The fourth-order valence-corrected chi connectivity index (χ4v) is 2.51. The van der Waals surface area contributed by atoms with E-state index in [0.717, 1.165) is 4.90 Å². The van der Waals surface area contributed by atoms with E-state index in [0.29, 0.717) is 0 Å². The van der Waals surface area contributed by atoms with Crippen molar-refractivity contribution in [1.29, 1.82) is 0 Å². The number of carbonyl (C=O) groups is 3. The van der Waals surface area contributed by atoms with E-state index < -0.39 is 28.4 Å². The molecule has 8 nitrogen and oxygen atoms in total. The Balaban J connectivity index is 2.07. The van der Waals surface area contributed by atoms with Gasteiger partial charge in [0.15, 0.2) is 0 Å². The summed E-state index contributed by atoms with van der Waals surface area (Å²) in [5.41, 5.74) is -0.545. The lowest BCUT2D eigenvalue weighted by Gasteiger charge is -2.14. The number of fused-ring (bicyclic) bond motifs is 1. The summed E-state index contributed by atoms with van der Waals surface area (Å²) < 4.78 is 4.93. The third-order valence-corrected chi connectivity index (χ3v) is 3.43. The molecule has 8 heteroatoms. The Morgan fingerprint density at radius 2 is 1.83 bits per heavy atom. The van der Waals surface area contributed by atoms with Crippen molar-refractivity contribution >= 4 is 29.2 Å². The fourth-order valence-electron chi connectivity index (χ4n) is 2.51. The van der Waals surface area contributed by atoms with Gasteiger partial charge in [0.25, 0.3) is 17.5 Å². The van der Waals surface area contributed by atoms with Gasteiger partial charge in [-0.25, -0.2) is 4.90 Å². The number of hydrogen-bond acceptors (Lipinski definition) is 6. The number of benzene rings is 2. The Kier molecular flexibility index (Phi) is 3.57. The van der Waals surface area contributed by atoms with Crippen molar-refractivity contribution in [2.24, 2.45) is 0 Å². The van der Waals surface area contributed by atoms with Crippen LogP contribution in [0.5, 0.6) is 5.75 Å². The van der Waals surface area contributed by atoms with Crippen LogP contribution in [0.25, 0.3) is 0 Å². The largest absolute Gasteiger partial charge is 0.427 e. The van der Waals surface area contributed by atoms with Crippen LogP contribution in [-0.2, 0) is 4.79 Å². The molecule has 0 bridgehead atoms. The van der Waals surface area contributed by atoms with Crippen molar-refractivity contribution in [2.75, 3.05) is 4.90 Å². The summed E-state index contributed by atoms with van der Waals surface area (Å²) in [5, 5.41) is 11.1. The van der Waals surface area contributed by atoms with Crippen LogP contribution in [0.15, 0.2) is 42.5 Å². The van der Waals surface area contributed by atoms with Gasteiger partial charge in [0.1, 0.15) is 11.3 Å². The molecule has 2 aromatic carbocycles. The van der Waals surface area contributed by atoms with E-state index in [2.05, 4.69) is 0 Å². The van der Waals surface area contributed by atoms with Crippen molar-refractivity contribution in [2.45, 2.75) is 6.92 Å². The van der Waals surface area contributed by atoms with E-state index in [4.69, 9.17) is 4.74 Å². The quantitative estimate of drug-likeness (QED) is 0.282. The molecule has 0 aliphatic carbocycles. The summed E-state index contributed by atoms with van der Waals surface area (Å²) >= 11 is 0. The number of nitrogens with zero attached hydrogens (tertiary/aromatic N) is 2. The highest BCUT2D eigenvalue weighted by Gasteiger charge is 2.41. The molecule has 0 N–H and O–H groups in total. The molecular weight excluding hydrogens is 316 g/mol. The van der Waals surface area contributed by atoms with Crippen molar-refractivity contribution < 1.29 is 24.0 Å². The van der Waals surface area contributed by atoms with Crippen LogP contribution >= 0.6 is 0 Å². The Bertz CT molecular complexity index is 905. The van der Waals surface area contributed by atoms with Crippen LogP contribution in [0.3, 0.4) is 0 Å². The topological polar surface area (TPSA) is 107 Å². The normalized spacial score (nSPS) is 13.0. The first-order chi connectivity index (χ1) is 11.4. The minimum atomic E-state index is -0.790. The van der Waals surface area contributed by atoms with Gasteiger partial charge < -0.3 is 4.74 Å². The third-order valence-electron chi connectivity index (χ3n) is 3.43. The van der Waals surface area contributed by atoms with Gasteiger partial charge in [-0.3, -0.25) is 24.5 Å². The molecule has 0 saturated carbocycles. The Morgan fingerprint density at radius 3 is 2.50 bits per heavy atom. The molecule has 1 aliphatic rings. The first-order valence-electron chi connectivity index (χ1n) is 6.85. The van der Waals surface area contributed by atoms with Gasteiger partial charge in [-0.1, -0.05) is 12.1 Å². The lowest BCUT2D eigenvalue weighted by molar-refractivity contribution is -0.385. The molecule has 0 unspecified atom stereocenters. The lowest BCUT2D eigenvalue weighted by atomic mass is 10.1. The van der Waals surface area contributed by atoms with Crippen molar-refractivity contribution in [1.82, 2.24) is 0 Å². The summed E-state index contributed by atoms with van der Waals surface area (Å²) in [7, 11) is 0. The van der Waals surface area contributed by atoms with Crippen molar-refractivity contribution in [3.63, 3.8) is 0 Å². The number of nitro benzene ring substituents is 1. The van der Waals surface area contributed by atoms with Gasteiger partial charge in [-0.05, 0) is 18.2 Å². The number of imide groups is 1. The highest BCUT2D eigenvalue weighted by molar-refractivity contribution is 6.35. The SMILES string of the molecule is CC(=O)Oc1cccc(N2C(=O)c3cccc([N+](=O)[O-])c3C2=O)c1. The average Bonchev–Trinajstić information content (AvgIpc) is 2.78. The van der Waals surface area contributed by atoms with Crippen LogP contribution in [0.1, 0.15) is 27.6 Å². The minimum Gasteiger partial charge on any atom is -0.427 e. The highest BCUT2D eigenvalue weighted by atomic mass is 16.6. The molecule has 2 amide bonds. The molecule has 3 rings (SSSR count). The van der Waals surface area contributed by atoms with Crippen LogP contribution in [0, 0.1) is 10.1 Å². The summed E-state index contributed by atoms with van der Waals surface area (Å²) in [6, 6.07) is 9.69. The summed E-state index contributed by atoms with van der Waals surface area (Å²) in [4.78, 5) is 47.3. The second-order valence-corrected chi connectivity index (χ2v) is 4.99. The summed E-state index contributed by atoms with van der Waals surface area (Å²) in [6.45, 7) is 1.22. The molecule has 0 atom stereocenters. The van der Waals surface area contributed by atoms with E-state index in [9.17, 15) is 24.5 Å². The molecule has 2 aromatic rings. The maximum atomic E-state index is 12.6. The van der Waals surface area contributed by atoms with Crippen LogP contribution in [0.2, 0.25) is 0 Å². The Labute approximate surface area is 135 Å². The standard InChI is InChI=1S/C16H10N2O6/c1-9(19)24-11-5-2-4-10(8-11)17-15(20)12-6-3-7-13(18(22)23)14(12)16(17)21/h2-8H,1H3. The second-order valence-electron chi connectivity index (χ2n) is 4.99. The van der Waals surface area contributed by atoms with Crippen LogP contribution in [0.4, 0.5) is 11.4 Å². The molecule has 0 spiro atoms. The number of hydrogen-bond donors (Lipinski definition) is 0. The van der Waals surface area contributed by atoms with Gasteiger partial charge in [-0.2, -0.15) is 0 Å². The number of nitro groups is 1. The lowest BCUT2D eigenvalue weighted by Crippen LogP contribution is -2.29. The zero-order chi connectivity index (χ0) is 17.4. The molecule has 0 saturated heterocycles. The smallest absolute Gasteiger partial charge is 0.308 e. The van der Waals surface area contributed by atoms with Crippen molar-refractivity contribution in [3.8, 4) is 5.75 Å². The van der Waals surface area contributed by atoms with E-state index in [1.807, 2.05) is 0 Å². The molecular formula is C16H10N2O6. The van der Waals surface area contributed by atoms with Gasteiger partial charge >= 0.3 is 5.97 Å². The zero-order valence-corrected chi connectivity index (χ0v) is 12.4. The first kappa shape index (κ1) is 15.3. The molecule has 0 aromatic heterocycles. The van der Waals surface area contributed by atoms with Gasteiger partial charge in [0.2, 0.25) is 0 Å². The van der Waals surface area contributed by atoms with Crippen LogP contribution in [-0.4, -0.2) is 22.7 Å². The minimum absolute atomic E-state index is 0.0351. The second kappa shape index (κ2) is 5.58. The fraction of sp³-hybridized carbons (Fsp3) is 0.0625. The molecule has 0 radical (unpaired) electrons. The number of amides is 2. The predicted molar refractivity (Wildman–Crippen MR) is 82.0 cm³/mol. The monoisotopic (exact) mass is 326 g/mol. The van der Waals surface area contributed by atoms with E-state index in [1.54, 1.807) is 0 Å². The Hall–Kier alpha value is -3.55. The number of rotatable bonds is 3. The highest BCUT2D eigenvalue weighted by Crippen LogP contribution is 2.34. The number of anilines is 1. The first-order valence-corrected chi connectivity index (χ1v) is 6.85. The summed E-state index contributed by atoms with van der Waals surface area (Å²) in [6.07, 6.45) is 0. The predicted octanol–water partition coefficient (Wildman–Crippen LogP) is 2.32. The molecule has 24 heavy (non-hydrogen) atoms.